The van der Waals surface area contributed by atoms with Gasteiger partial charge in [0, 0.05) is 7.11 Å². The third-order valence-corrected chi connectivity index (χ3v) is 3.13. The molecular formula is C10H20O. The monoisotopic (exact) mass is 156 g/mol. The molecule has 1 aliphatic rings. The highest BCUT2D eigenvalue weighted by molar-refractivity contribution is 4.85. The van der Waals surface area contributed by atoms with Crippen LogP contribution >= 0.6 is 0 Å². The molecule has 0 aliphatic heterocycles. The van der Waals surface area contributed by atoms with Crippen molar-refractivity contribution in [2.75, 3.05) is 7.11 Å². The van der Waals surface area contributed by atoms with E-state index in [1.165, 1.54) is 32.1 Å². The highest BCUT2D eigenvalue weighted by Gasteiger charge is 2.32. The van der Waals surface area contributed by atoms with Crippen LogP contribution in [-0.2, 0) is 4.74 Å². The number of ether oxygens (including phenoxy) is 1. The maximum atomic E-state index is 5.60. The average molecular weight is 156 g/mol. The number of methoxy groups -OCH3 is 1. The van der Waals surface area contributed by atoms with Crippen molar-refractivity contribution in [2.24, 2.45) is 5.92 Å². The molecule has 0 aromatic carbocycles. The first-order valence-electron chi connectivity index (χ1n) is 4.77. The first-order chi connectivity index (χ1) is 5.22. The standard InChI is InChI=1S/C10H20O/c1-4-10(11-3)7-5-6-9(2)8-10/h9H,4-8H2,1-3H3. The molecule has 1 saturated carbocycles. The molecule has 66 valence electrons. The van der Waals surface area contributed by atoms with Crippen molar-refractivity contribution in [2.45, 2.75) is 51.6 Å². The molecule has 1 fully saturated rings. The largest absolute Gasteiger partial charge is 0.378 e. The van der Waals surface area contributed by atoms with Gasteiger partial charge in [-0.15, -0.1) is 0 Å². The SMILES string of the molecule is CCC1(OC)CCCC(C)C1. The molecule has 1 rings (SSSR count). The van der Waals surface area contributed by atoms with Crippen molar-refractivity contribution < 1.29 is 4.74 Å². The van der Waals surface area contributed by atoms with E-state index in [0.717, 1.165) is 5.92 Å². The molecule has 1 aliphatic carbocycles. The van der Waals surface area contributed by atoms with Gasteiger partial charge >= 0.3 is 0 Å². The summed E-state index contributed by atoms with van der Waals surface area (Å²) >= 11 is 0. The lowest BCUT2D eigenvalue weighted by Gasteiger charge is -2.38. The molecule has 0 spiro atoms. The van der Waals surface area contributed by atoms with E-state index in [4.69, 9.17) is 4.74 Å². The minimum Gasteiger partial charge on any atom is -0.378 e. The van der Waals surface area contributed by atoms with E-state index in [-0.39, 0.29) is 5.60 Å². The Balaban J connectivity index is 2.52. The van der Waals surface area contributed by atoms with Gasteiger partial charge in [0.1, 0.15) is 0 Å². The normalized spacial score (nSPS) is 39.0. The molecule has 0 heterocycles. The van der Waals surface area contributed by atoms with E-state index in [2.05, 4.69) is 13.8 Å². The zero-order valence-electron chi connectivity index (χ0n) is 8.02. The number of hydrogen-bond acceptors (Lipinski definition) is 1. The summed E-state index contributed by atoms with van der Waals surface area (Å²) < 4.78 is 5.60. The summed E-state index contributed by atoms with van der Waals surface area (Å²) in [4.78, 5) is 0. The van der Waals surface area contributed by atoms with Gasteiger partial charge in [-0.3, -0.25) is 0 Å². The van der Waals surface area contributed by atoms with Gasteiger partial charge in [-0.2, -0.15) is 0 Å². The van der Waals surface area contributed by atoms with Crippen LogP contribution in [0.5, 0.6) is 0 Å². The lowest BCUT2D eigenvalue weighted by Crippen LogP contribution is -2.35. The quantitative estimate of drug-likeness (QED) is 0.597. The fourth-order valence-electron chi connectivity index (χ4n) is 2.26. The van der Waals surface area contributed by atoms with E-state index < -0.39 is 0 Å². The Hall–Kier alpha value is -0.0400. The third kappa shape index (κ3) is 1.96. The molecule has 0 aromatic rings. The second kappa shape index (κ2) is 3.57. The average Bonchev–Trinajstić information content (AvgIpc) is 2.04. The van der Waals surface area contributed by atoms with Crippen LogP contribution in [0.2, 0.25) is 0 Å². The smallest absolute Gasteiger partial charge is 0.0678 e. The lowest BCUT2D eigenvalue weighted by atomic mass is 9.77. The van der Waals surface area contributed by atoms with Crippen LogP contribution in [0.3, 0.4) is 0 Å². The van der Waals surface area contributed by atoms with Gasteiger partial charge in [-0.25, -0.2) is 0 Å². The molecule has 11 heavy (non-hydrogen) atoms. The molecule has 2 atom stereocenters. The summed E-state index contributed by atoms with van der Waals surface area (Å²) in [7, 11) is 1.86. The third-order valence-electron chi connectivity index (χ3n) is 3.13. The summed E-state index contributed by atoms with van der Waals surface area (Å²) in [5.74, 6) is 0.864. The summed E-state index contributed by atoms with van der Waals surface area (Å²) in [5.41, 5.74) is 0.234. The second-order valence-corrected chi connectivity index (χ2v) is 3.94. The van der Waals surface area contributed by atoms with Crippen molar-refractivity contribution in [1.82, 2.24) is 0 Å². The maximum absolute atomic E-state index is 5.60. The fraction of sp³-hybridized carbons (Fsp3) is 1.00. The number of hydrogen-bond donors (Lipinski definition) is 0. The van der Waals surface area contributed by atoms with Gasteiger partial charge in [-0.1, -0.05) is 26.7 Å². The van der Waals surface area contributed by atoms with Gasteiger partial charge in [0.25, 0.3) is 0 Å². The van der Waals surface area contributed by atoms with Gasteiger partial charge in [0.15, 0.2) is 0 Å². The van der Waals surface area contributed by atoms with Crippen LogP contribution in [-0.4, -0.2) is 12.7 Å². The molecule has 2 unspecified atom stereocenters. The van der Waals surface area contributed by atoms with E-state index in [9.17, 15) is 0 Å². The highest BCUT2D eigenvalue weighted by atomic mass is 16.5. The van der Waals surface area contributed by atoms with Crippen LogP contribution in [0.4, 0.5) is 0 Å². The second-order valence-electron chi connectivity index (χ2n) is 3.94. The topological polar surface area (TPSA) is 9.23 Å². The molecule has 0 N–H and O–H groups in total. The van der Waals surface area contributed by atoms with E-state index in [1.807, 2.05) is 7.11 Å². The minimum atomic E-state index is 0.234. The Morgan fingerprint density at radius 1 is 1.55 bits per heavy atom. The van der Waals surface area contributed by atoms with E-state index in [0.29, 0.717) is 0 Å². The Morgan fingerprint density at radius 2 is 2.27 bits per heavy atom. The van der Waals surface area contributed by atoms with Crippen LogP contribution in [0.15, 0.2) is 0 Å². The molecule has 1 heteroatoms. The summed E-state index contributed by atoms with van der Waals surface area (Å²) in [6.45, 7) is 4.57. The Bertz CT molecular complexity index is 116. The highest BCUT2D eigenvalue weighted by Crippen LogP contribution is 2.36. The summed E-state index contributed by atoms with van der Waals surface area (Å²) in [6, 6.07) is 0. The summed E-state index contributed by atoms with van der Waals surface area (Å²) in [5, 5.41) is 0. The predicted molar refractivity (Wildman–Crippen MR) is 47.7 cm³/mol. The minimum absolute atomic E-state index is 0.234. The van der Waals surface area contributed by atoms with Gasteiger partial charge in [0.2, 0.25) is 0 Å². The number of rotatable bonds is 2. The summed E-state index contributed by atoms with van der Waals surface area (Å²) in [6.07, 6.45) is 6.45. The maximum Gasteiger partial charge on any atom is 0.0678 e. The first-order valence-corrected chi connectivity index (χ1v) is 4.77. The van der Waals surface area contributed by atoms with Gasteiger partial charge < -0.3 is 4.74 Å². The van der Waals surface area contributed by atoms with Crippen molar-refractivity contribution >= 4 is 0 Å². The van der Waals surface area contributed by atoms with Gasteiger partial charge in [-0.05, 0) is 25.2 Å². The van der Waals surface area contributed by atoms with E-state index in [1.54, 1.807) is 0 Å². The van der Waals surface area contributed by atoms with Crippen molar-refractivity contribution in [3.63, 3.8) is 0 Å². The molecule has 0 bridgehead atoms. The predicted octanol–water partition coefficient (Wildman–Crippen LogP) is 2.99. The van der Waals surface area contributed by atoms with Crippen molar-refractivity contribution in [3.05, 3.63) is 0 Å². The van der Waals surface area contributed by atoms with Crippen molar-refractivity contribution in [1.29, 1.82) is 0 Å². The Kier molecular flexibility index (Phi) is 2.94. The van der Waals surface area contributed by atoms with Gasteiger partial charge in [0.05, 0.1) is 5.60 Å². The van der Waals surface area contributed by atoms with E-state index >= 15 is 0 Å². The first kappa shape index (κ1) is 9.05. The molecule has 1 nitrogen and oxygen atoms in total. The molecule has 0 aromatic heterocycles. The van der Waals surface area contributed by atoms with Crippen LogP contribution < -0.4 is 0 Å². The van der Waals surface area contributed by atoms with Crippen molar-refractivity contribution in [3.8, 4) is 0 Å². The molecule has 0 amide bonds. The zero-order valence-corrected chi connectivity index (χ0v) is 8.02. The molecular weight excluding hydrogens is 136 g/mol. The van der Waals surface area contributed by atoms with Crippen LogP contribution in [0, 0.1) is 5.92 Å². The lowest BCUT2D eigenvalue weighted by molar-refractivity contribution is -0.0548. The molecule has 0 saturated heterocycles. The Morgan fingerprint density at radius 3 is 2.64 bits per heavy atom. The Labute approximate surface area is 70.1 Å². The fourth-order valence-corrected chi connectivity index (χ4v) is 2.26. The van der Waals surface area contributed by atoms with Crippen LogP contribution in [0.25, 0.3) is 0 Å². The molecule has 0 radical (unpaired) electrons. The zero-order chi connectivity index (χ0) is 8.32. The van der Waals surface area contributed by atoms with Crippen LogP contribution in [0.1, 0.15) is 46.0 Å².